The van der Waals surface area contributed by atoms with E-state index in [0.29, 0.717) is 11.6 Å². The fourth-order valence-electron chi connectivity index (χ4n) is 6.03. The summed E-state index contributed by atoms with van der Waals surface area (Å²) >= 11 is 6.39. The van der Waals surface area contributed by atoms with E-state index in [0.717, 1.165) is 34.4 Å². The van der Waals surface area contributed by atoms with Crippen LogP contribution in [0.5, 0.6) is 0 Å². The molecule has 2 aromatic carbocycles. The van der Waals surface area contributed by atoms with Crippen LogP contribution in [-0.2, 0) is 19.9 Å². The second kappa shape index (κ2) is 14.8. The van der Waals surface area contributed by atoms with Crippen molar-refractivity contribution >= 4 is 29.4 Å². The highest BCUT2D eigenvalue weighted by molar-refractivity contribution is 6.32. The molecular weight excluding hydrogens is 737 g/mol. The molecule has 19 heteroatoms. The number of ether oxygens (including phenoxy) is 1. The lowest BCUT2D eigenvalue weighted by Crippen LogP contribution is -2.47. The number of guanidine groups is 1. The summed E-state index contributed by atoms with van der Waals surface area (Å²) < 4.78 is 103. The number of carbonyl (C=O) groups excluding carboxylic acids is 2. The van der Waals surface area contributed by atoms with Crippen LogP contribution in [-0.4, -0.2) is 59.8 Å². The van der Waals surface area contributed by atoms with Gasteiger partial charge in [0.25, 0.3) is 12.3 Å². The molecule has 53 heavy (non-hydrogen) atoms. The highest BCUT2D eigenvalue weighted by atomic mass is 35.5. The molecule has 0 aliphatic carbocycles. The van der Waals surface area contributed by atoms with Crippen LogP contribution in [0.1, 0.15) is 82.9 Å². The third kappa shape index (κ3) is 8.47. The Morgan fingerprint density at radius 1 is 1.06 bits per heavy atom. The van der Waals surface area contributed by atoms with Crippen LogP contribution in [0.2, 0.25) is 5.02 Å². The molecule has 1 amide bonds. The van der Waals surface area contributed by atoms with Crippen molar-refractivity contribution in [1.82, 2.24) is 29.4 Å². The van der Waals surface area contributed by atoms with E-state index < -0.39 is 84.8 Å². The lowest BCUT2D eigenvalue weighted by molar-refractivity contribution is -0.149. The van der Waals surface area contributed by atoms with Gasteiger partial charge in [0.1, 0.15) is 18.8 Å². The number of aromatic nitrogens is 5. The van der Waals surface area contributed by atoms with E-state index in [-0.39, 0.29) is 39.4 Å². The van der Waals surface area contributed by atoms with Gasteiger partial charge in [0.05, 0.1) is 29.4 Å². The minimum Gasteiger partial charge on any atom is -0.463 e. The highest BCUT2D eigenvalue weighted by Gasteiger charge is 2.53. The molecule has 4 aromatic rings. The first kappa shape index (κ1) is 39.2. The fraction of sp³-hybridized carbons (Fsp3) is 0.412. The van der Waals surface area contributed by atoms with Crippen molar-refractivity contribution in [3.05, 3.63) is 82.9 Å². The zero-order valence-corrected chi connectivity index (χ0v) is 29.5. The van der Waals surface area contributed by atoms with Crippen molar-refractivity contribution in [2.45, 2.75) is 77.4 Å². The highest BCUT2D eigenvalue weighted by Crippen LogP contribution is 2.46. The summed E-state index contributed by atoms with van der Waals surface area (Å²) in [5, 5.41) is 7.34. The van der Waals surface area contributed by atoms with Gasteiger partial charge in [0.2, 0.25) is 5.92 Å². The van der Waals surface area contributed by atoms with Crippen LogP contribution < -0.4 is 5.73 Å². The lowest BCUT2D eigenvalue weighted by atomic mass is 9.75. The Hall–Kier alpha value is -5.00. The van der Waals surface area contributed by atoms with Crippen LogP contribution in [0.3, 0.4) is 0 Å². The molecule has 1 aliphatic rings. The molecule has 3 heterocycles. The summed E-state index contributed by atoms with van der Waals surface area (Å²) in [6.07, 6.45) is -1.69. The molecule has 2 aromatic heterocycles. The largest absolute Gasteiger partial charge is 0.463 e. The first-order valence-electron chi connectivity index (χ1n) is 16.0. The molecule has 2 N–H and O–H groups in total. The van der Waals surface area contributed by atoms with Crippen molar-refractivity contribution in [2.24, 2.45) is 16.1 Å². The molecule has 0 saturated carbocycles. The molecule has 1 aliphatic heterocycles. The monoisotopic (exact) mass is 770 g/mol. The number of hydrogen-bond acceptors (Lipinski definition) is 8. The number of hydrogen-bond donors (Lipinski definition) is 1. The van der Waals surface area contributed by atoms with Gasteiger partial charge in [0, 0.05) is 23.7 Å². The molecule has 5 rings (SSSR count). The summed E-state index contributed by atoms with van der Waals surface area (Å²) in [6, 6.07) is 6.39. The van der Waals surface area contributed by atoms with Gasteiger partial charge in [-0.3, -0.25) is 14.5 Å². The van der Waals surface area contributed by atoms with Gasteiger partial charge in [-0.15, -0.1) is 0 Å². The van der Waals surface area contributed by atoms with Crippen molar-refractivity contribution in [3.8, 4) is 16.8 Å². The third-order valence-corrected chi connectivity index (χ3v) is 8.62. The average Bonchev–Trinajstić information content (AvgIpc) is 3.80. The summed E-state index contributed by atoms with van der Waals surface area (Å²) in [4.78, 5) is 36.6. The second-order valence-corrected chi connectivity index (χ2v) is 14.1. The third-order valence-electron chi connectivity index (χ3n) is 8.30. The molecule has 11 nitrogen and oxygen atoms in total. The number of esters is 1. The van der Waals surface area contributed by atoms with Gasteiger partial charge in [-0.05, 0) is 48.1 Å². The predicted molar refractivity (Wildman–Crippen MR) is 178 cm³/mol. The van der Waals surface area contributed by atoms with E-state index in [9.17, 15) is 35.9 Å². The SMILES string of the molecule is CC(C)(C)C[C@]1(c2ccc(-c3cnn(C(F)F)c3)c(F)c2)N=C(N)N([C@H](COC(=O)CCC(C)(F)F)c2ccc(Cl)c(-n3ncnc3C(F)F)c2)C1=O. The summed E-state index contributed by atoms with van der Waals surface area (Å²) in [5.74, 6) is -7.03. The van der Waals surface area contributed by atoms with Gasteiger partial charge in [0.15, 0.2) is 17.3 Å². The number of benzene rings is 2. The Labute approximate surface area is 303 Å². The summed E-state index contributed by atoms with van der Waals surface area (Å²) in [7, 11) is 0. The van der Waals surface area contributed by atoms with Crippen LogP contribution in [0, 0.1) is 11.2 Å². The van der Waals surface area contributed by atoms with Crippen molar-refractivity contribution < 1.29 is 45.1 Å². The predicted octanol–water partition coefficient (Wildman–Crippen LogP) is 7.76. The van der Waals surface area contributed by atoms with Crippen LogP contribution >= 0.6 is 11.6 Å². The number of halogens is 8. The Balaban J connectivity index is 1.60. The molecule has 0 radical (unpaired) electrons. The van der Waals surface area contributed by atoms with Crippen molar-refractivity contribution in [1.29, 1.82) is 0 Å². The minimum atomic E-state index is -3.17. The van der Waals surface area contributed by atoms with E-state index >= 15 is 4.39 Å². The first-order valence-corrected chi connectivity index (χ1v) is 16.4. The Kier molecular flexibility index (Phi) is 10.9. The molecule has 0 unspecified atom stereocenters. The zero-order chi connectivity index (χ0) is 39.0. The molecule has 0 bridgehead atoms. The molecule has 0 spiro atoms. The van der Waals surface area contributed by atoms with E-state index in [1.807, 2.05) is 0 Å². The smallest absolute Gasteiger partial charge is 0.333 e. The second-order valence-electron chi connectivity index (χ2n) is 13.7. The standard InChI is InChI=1S/C34H34ClF7N8O3/c1-32(2,3)16-34(20-6-7-21(23(36)12-20)19-13-45-48(14-19)30(39)40)29(52)49(31(43)47-34)25(15-53-26(51)9-10-33(4,41)42)18-5-8-22(35)24(11-18)50-28(27(37)38)44-17-46-50/h5-8,11-14,17,25,27,30H,9-10,15-16H2,1-4H3,(H2,43,47)/t25-,34-/m1/s1. The summed E-state index contributed by atoms with van der Waals surface area (Å²) in [6.45, 7) is 2.41. The van der Waals surface area contributed by atoms with E-state index in [1.54, 1.807) is 20.8 Å². The maximum absolute atomic E-state index is 15.8. The van der Waals surface area contributed by atoms with E-state index in [2.05, 4.69) is 20.2 Å². The van der Waals surface area contributed by atoms with Gasteiger partial charge in [-0.25, -0.2) is 41.3 Å². The maximum atomic E-state index is 15.8. The van der Waals surface area contributed by atoms with Crippen LogP contribution in [0.15, 0.2) is 60.1 Å². The minimum absolute atomic E-state index is 0.0429. The summed E-state index contributed by atoms with van der Waals surface area (Å²) in [5.41, 5.74) is 3.97. The normalized spacial score (nSPS) is 17.2. The van der Waals surface area contributed by atoms with Crippen molar-refractivity contribution in [3.63, 3.8) is 0 Å². The number of alkyl halides is 6. The molecule has 0 fully saturated rings. The number of rotatable bonds is 13. The Morgan fingerprint density at radius 3 is 2.38 bits per heavy atom. The Bertz CT molecular complexity index is 2020. The number of amides is 1. The molecular formula is C34H34ClF7N8O3. The molecule has 0 saturated heterocycles. The topological polar surface area (TPSA) is 134 Å². The number of nitrogens with two attached hydrogens (primary N) is 1. The molecule has 284 valence electrons. The number of carbonyl (C=O) groups is 2. The number of nitrogens with zero attached hydrogens (tertiary/aromatic N) is 7. The Morgan fingerprint density at radius 2 is 1.77 bits per heavy atom. The van der Waals surface area contributed by atoms with Crippen LogP contribution in [0.25, 0.3) is 16.8 Å². The van der Waals surface area contributed by atoms with E-state index in [4.69, 9.17) is 22.1 Å². The first-order chi connectivity index (χ1) is 24.7. The zero-order valence-electron chi connectivity index (χ0n) is 28.7. The number of aliphatic imine (C=N–C) groups is 1. The average molecular weight is 771 g/mol. The van der Waals surface area contributed by atoms with E-state index in [1.165, 1.54) is 30.3 Å². The quantitative estimate of drug-likeness (QED) is 0.109. The van der Waals surface area contributed by atoms with Gasteiger partial charge < -0.3 is 10.5 Å². The van der Waals surface area contributed by atoms with Crippen LogP contribution in [0.4, 0.5) is 30.7 Å². The lowest BCUT2D eigenvalue weighted by Gasteiger charge is -2.35. The maximum Gasteiger partial charge on any atom is 0.333 e. The van der Waals surface area contributed by atoms with Gasteiger partial charge in [-0.1, -0.05) is 50.6 Å². The van der Waals surface area contributed by atoms with Gasteiger partial charge in [-0.2, -0.15) is 19.0 Å². The van der Waals surface area contributed by atoms with Crippen molar-refractivity contribution in [2.75, 3.05) is 6.61 Å². The fourth-order valence-corrected chi connectivity index (χ4v) is 6.23. The molecule has 2 atom stereocenters. The van der Waals surface area contributed by atoms with Gasteiger partial charge >= 0.3 is 12.5 Å².